The van der Waals surface area contributed by atoms with Crippen molar-refractivity contribution in [2.24, 2.45) is 0 Å². The molecule has 0 aromatic carbocycles. The highest BCUT2D eigenvalue weighted by Gasteiger charge is 2.17. The minimum Gasteiger partial charge on any atom is -0.360 e. The highest BCUT2D eigenvalue weighted by atomic mass is 32.2. The summed E-state index contributed by atoms with van der Waals surface area (Å²) in [6.07, 6.45) is 3.16. The van der Waals surface area contributed by atoms with E-state index in [1.807, 2.05) is 20.8 Å². The lowest BCUT2D eigenvalue weighted by atomic mass is 9.96. The Labute approximate surface area is 150 Å². The molecule has 134 valence electrons. The van der Waals surface area contributed by atoms with Crippen molar-refractivity contribution in [2.75, 3.05) is 22.1 Å². The van der Waals surface area contributed by atoms with Crippen molar-refractivity contribution in [3.63, 3.8) is 0 Å². The summed E-state index contributed by atoms with van der Waals surface area (Å²) in [4.78, 5) is 32.1. The first-order valence-electron chi connectivity index (χ1n) is 7.67. The van der Waals surface area contributed by atoms with E-state index in [1.165, 1.54) is 11.8 Å². The molecule has 8 nitrogen and oxygen atoms in total. The van der Waals surface area contributed by atoms with Gasteiger partial charge in [0.25, 0.3) is 0 Å². The third-order valence-corrected chi connectivity index (χ3v) is 3.90. The fourth-order valence-corrected chi connectivity index (χ4v) is 2.43. The predicted octanol–water partition coefficient (Wildman–Crippen LogP) is 2.38. The SMILES string of the molecule is Cc1cc(NC(=O)CSCC(=O)Nc2cnc(C(C)(C)C)nc2)no1. The average molecular weight is 363 g/mol. The van der Waals surface area contributed by atoms with Crippen LogP contribution >= 0.6 is 11.8 Å². The molecule has 2 aromatic heterocycles. The number of carbonyl (C=O) groups excluding carboxylic acids is 2. The summed E-state index contributed by atoms with van der Waals surface area (Å²) in [5.41, 5.74) is 0.384. The molecule has 25 heavy (non-hydrogen) atoms. The first kappa shape index (κ1) is 18.9. The molecule has 2 rings (SSSR count). The molecule has 0 saturated heterocycles. The molecule has 0 bridgehead atoms. The smallest absolute Gasteiger partial charge is 0.235 e. The molecule has 2 heterocycles. The van der Waals surface area contributed by atoms with Crippen LogP contribution in [-0.4, -0.2) is 38.4 Å². The summed E-state index contributed by atoms with van der Waals surface area (Å²) in [7, 11) is 0. The van der Waals surface area contributed by atoms with Gasteiger partial charge in [0.05, 0.1) is 29.6 Å². The van der Waals surface area contributed by atoms with E-state index in [9.17, 15) is 9.59 Å². The van der Waals surface area contributed by atoms with Gasteiger partial charge in [0.2, 0.25) is 11.8 Å². The molecule has 2 amide bonds. The van der Waals surface area contributed by atoms with Crippen molar-refractivity contribution in [3.8, 4) is 0 Å². The van der Waals surface area contributed by atoms with Crippen molar-refractivity contribution >= 4 is 35.1 Å². The zero-order valence-electron chi connectivity index (χ0n) is 14.6. The highest BCUT2D eigenvalue weighted by Crippen LogP contribution is 2.18. The Morgan fingerprint density at radius 2 is 1.72 bits per heavy atom. The number of carbonyl (C=O) groups is 2. The number of rotatable bonds is 6. The van der Waals surface area contributed by atoms with Crippen molar-refractivity contribution in [1.29, 1.82) is 0 Å². The maximum Gasteiger partial charge on any atom is 0.235 e. The van der Waals surface area contributed by atoms with Crippen LogP contribution in [0, 0.1) is 6.92 Å². The van der Waals surface area contributed by atoms with Crippen LogP contribution in [0.1, 0.15) is 32.4 Å². The molecule has 0 aliphatic carbocycles. The van der Waals surface area contributed by atoms with Crippen LogP contribution in [-0.2, 0) is 15.0 Å². The minimum atomic E-state index is -0.246. The molecule has 0 atom stereocenters. The van der Waals surface area contributed by atoms with Gasteiger partial charge in [-0.25, -0.2) is 9.97 Å². The van der Waals surface area contributed by atoms with Crippen LogP contribution in [0.3, 0.4) is 0 Å². The number of nitrogens with one attached hydrogen (secondary N) is 2. The van der Waals surface area contributed by atoms with Gasteiger partial charge in [-0.2, -0.15) is 0 Å². The first-order valence-corrected chi connectivity index (χ1v) is 8.83. The minimum absolute atomic E-state index is 0.138. The number of aromatic nitrogens is 3. The van der Waals surface area contributed by atoms with Gasteiger partial charge < -0.3 is 15.2 Å². The fraction of sp³-hybridized carbons (Fsp3) is 0.438. The Morgan fingerprint density at radius 1 is 1.12 bits per heavy atom. The zero-order valence-corrected chi connectivity index (χ0v) is 15.4. The average Bonchev–Trinajstić information content (AvgIpc) is 2.92. The normalized spacial score (nSPS) is 11.2. The van der Waals surface area contributed by atoms with Crippen LogP contribution < -0.4 is 10.6 Å². The number of thioether (sulfide) groups is 1. The summed E-state index contributed by atoms with van der Waals surface area (Å²) in [6, 6.07) is 1.62. The van der Waals surface area contributed by atoms with Gasteiger partial charge in [0, 0.05) is 11.5 Å². The topological polar surface area (TPSA) is 110 Å². The van der Waals surface area contributed by atoms with E-state index in [0.717, 1.165) is 0 Å². The van der Waals surface area contributed by atoms with Crippen LogP contribution in [0.2, 0.25) is 0 Å². The number of hydrogen-bond donors (Lipinski definition) is 2. The number of amides is 2. The van der Waals surface area contributed by atoms with Gasteiger partial charge in [-0.1, -0.05) is 25.9 Å². The lowest BCUT2D eigenvalue weighted by Crippen LogP contribution is -2.19. The molecule has 0 spiro atoms. The van der Waals surface area contributed by atoms with Gasteiger partial charge in [0.1, 0.15) is 11.6 Å². The van der Waals surface area contributed by atoms with Crippen LogP contribution in [0.15, 0.2) is 23.0 Å². The molecule has 0 aliphatic heterocycles. The van der Waals surface area contributed by atoms with E-state index in [-0.39, 0.29) is 28.7 Å². The first-order chi connectivity index (χ1) is 11.7. The van der Waals surface area contributed by atoms with Crippen molar-refractivity contribution in [2.45, 2.75) is 33.1 Å². The lowest BCUT2D eigenvalue weighted by Gasteiger charge is -2.16. The van der Waals surface area contributed by atoms with Crippen LogP contribution in [0.5, 0.6) is 0 Å². The van der Waals surface area contributed by atoms with E-state index in [1.54, 1.807) is 25.4 Å². The summed E-state index contributed by atoms with van der Waals surface area (Å²) in [5, 5.41) is 8.96. The van der Waals surface area contributed by atoms with E-state index in [4.69, 9.17) is 4.52 Å². The Balaban J connectivity index is 1.72. The van der Waals surface area contributed by atoms with E-state index >= 15 is 0 Å². The number of aryl methyl sites for hydroxylation is 1. The molecule has 0 fully saturated rings. The quantitative estimate of drug-likeness (QED) is 0.810. The highest BCUT2D eigenvalue weighted by molar-refractivity contribution is 8.00. The van der Waals surface area contributed by atoms with Gasteiger partial charge in [-0.15, -0.1) is 11.8 Å². The molecular weight excluding hydrogens is 342 g/mol. The number of hydrogen-bond acceptors (Lipinski definition) is 7. The second-order valence-electron chi connectivity index (χ2n) is 6.46. The van der Waals surface area contributed by atoms with Crippen molar-refractivity contribution in [3.05, 3.63) is 30.0 Å². The fourth-order valence-electron chi connectivity index (χ4n) is 1.82. The van der Waals surface area contributed by atoms with Crippen molar-refractivity contribution < 1.29 is 14.1 Å². The molecule has 0 aliphatic rings. The Morgan fingerprint density at radius 3 is 2.24 bits per heavy atom. The van der Waals surface area contributed by atoms with Gasteiger partial charge in [-0.05, 0) is 6.92 Å². The molecule has 0 radical (unpaired) electrons. The standard InChI is InChI=1S/C16H21N5O3S/c1-10-5-12(21-24-10)20-14(23)9-25-8-13(22)19-11-6-17-15(18-7-11)16(2,3)4/h5-7H,8-9H2,1-4H3,(H,19,22)(H,20,21,23). The summed E-state index contributed by atoms with van der Waals surface area (Å²) in [6.45, 7) is 7.79. The second-order valence-corrected chi connectivity index (χ2v) is 7.44. The van der Waals surface area contributed by atoms with Gasteiger partial charge in [0.15, 0.2) is 5.82 Å². The number of nitrogens with zero attached hydrogens (tertiary/aromatic N) is 3. The monoisotopic (exact) mass is 363 g/mol. The molecule has 2 N–H and O–H groups in total. The predicted molar refractivity (Wildman–Crippen MR) is 96.6 cm³/mol. The van der Waals surface area contributed by atoms with E-state index in [2.05, 4.69) is 25.8 Å². The Kier molecular flexibility index (Phi) is 6.13. The molecule has 0 unspecified atom stereocenters. The Hall–Kier alpha value is -2.42. The van der Waals surface area contributed by atoms with E-state index in [0.29, 0.717) is 23.1 Å². The summed E-state index contributed by atoms with van der Waals surface area (Å²) >= 11 is 1.20. The summed E-state index contributed by atoms with van der Waals surface area (Å²) < 4.78 is 4.86. The molecule has 9 heteroatoms. The number of anilines is 2. The summed E-state index contributed by atoms with van der Waals surface area (Å²) in [5.74, 6) is 1.50. The third kappa shape index (κ3) is 6.18. The molecule has 0 saturated carbocycles. The maximum absolute atomic E-state index is 11.9. The van der Waals surface area contributed by atoms with Crippen LogP contribution in [0.4, 0.5) is 11.5 Å². The van der Waals surface area contributed by atoms with Crippen molar-refractivity contribution in [1.82, 2.24) is 15.1 Å². The van der Waals surface area contributed by atoms with Gasteiger partial charge in [-0.3, -0.25) is 9.59 Å². The Bertz CT molecular complexity index is 737. The lowest BCUT2D eigenvalue weighted by molar-refractivity contribution is -0.114. The third-order valence-electron chi connectivity index (χ3n) is 2.97. The van der Waals surface area contributed by atoms with E-state index < -0.39 is 0 Å². The second kappa shape index (κ2) is 8.11. The zero-order chi connectivity index (χ0) is 18.4. The largest absolute Gasteiger partial charge is 0.360 e. The molecule has 2 aromatic rings. The molecular formula is C16H21N5O3S. The maximum atomic E-state index is 11.9. The van der Waals surface area contributed by atoms with Gasteiger partial charge >= 0.3 is 0 Å². The van der Waals surface area contributed by atoms with Crippen LogP contribution in [0.25, 0.3) is 0 Å².